The van der Waals surface area contributed by atoms with Gasteiger partial charge < -0.3 is 10.6 Å². The van der Waals surface area contributed by atoms with Crippen molar-refractivity contribution in [2.24, 2.45) is 0 Å². The molecular formula is C14H21N5S. The fraction of sp³-hybridized carbons (Fsp3) is 0.500. The van der Waals surface area contributed by atoms with Crippen LogP contribution in [0.2, 0.25) is 0 Å². The summed E-state index contributed by atoms with van der Waals surface area (Å²) in [4.78, 5) is 14.4. The summed E-state index contributed by atoms with van der Waals surface area (Å²) in [6.07, 6.45) is 2.47. The molecule has 0 amide bonds. The smallest absolute Gasteiger partial charge is 0.135 e. The maximum absolute atomic E-state index is 4.48. The Bertz CT molecular complexity index is 593. The largest absolute Gasteiger partial charge is 0.373 e. The number of rotatable bonds is 5. The first kappa shape index (κ1) is 14.7. The van der Waals surface area contributed by atoms with Crippen LogP contribution >= 0.6 is 11.3 Å². The van der Waals surface area contributed by atoms with E-state index in [9.17, 15) is 0 Å². The first-order valence-electron chi connectivity index (χ1n) is 6.78. The van der Waals surface area contributed by atoms with Crippen LogP contribution in [-0.2, 0) is 6.42 Å². The fourth-order valence-electron chi connectivity index (χ4n) is 2.31. The molecule has 5 nitrogen and oxygen atoms in total. The normalized spacial score (nSPS) is 12.2. The Labute approximate surface area is 123 Å². The van der Waals surface area contributed by atoms with Gasteiger partial charge in [0.1, 0.15) is 18.0 Å². The van der Waals surface area contributed by atoms with Crippen LogP contribution in [0.1, 0.15) is 41.0 Å². The van der Waals surface area contributed by atoms with Crippen molar-refractivity contribution in [1.82, 2.24) is 15.0 Å². The topological polar surface area (TPSA) is 62.7 Å². The molecule has 0 aromatic carbocycles. The van der Waals surface area contributed by atoms with Gasteiger partial charge in [0.15, 0.2) is 0 Å². The number of hydrogen-bond acceptors (Lipinski definition) is 6. The van der Waals surface area contributed by atoms with Gasteiger partial charge in [-0.05, 0) is 27.2 Å². The second kappa shape index (κ2) is 6.17. The molecule has 0 radical (unpaired) electrons. The van der Waals surface area contributed by atoms with E-state index in [1.54, 1.807) is 17.7 Å². The number of nitrogens with zero attached hydrogens (tertiary/aromatic N) is 3. The molecule has 2 N–H and O–H groups in total. The molecule has 108 valence electrons. The van der Waals surface area contributed by atoms with E-state index < -0.39 is 0 Å². The van der Waals surface area contributed by atoms with Gasteiger partial charge in [0.2, 0.25) is 0 Å². The SMILES string of the molecule is CCc1c(NC)ncnc1NC(C)c1sc(C)nc1C. The lowest BCUT2D eigenvalue weighted by molar-refractivity contribution is 0.868. The van der Waals surface area contributed by atoms with E-state index >= 15 is 0 Å². The van der Waals surface area contributed by atoms with E-state index in [-0.39, 0.29) is 6.04 Å². The number of aromatic nitrogens is 3. The molecule has 0 fully saturated rings. The summed E-state index contributed by atoms with van der Waals surface area (Å²) in [5.74, 6) is 1.78. The first-order valence-corrected chi connectivity index (χ1v) is 7.60. The third-order valence-electron chi connectivity index (χ3n) is 3.22. The number of anilines is 2. The average molecular weight is 291 g/mol. The Morgan fingerprint density at radius 3 is 2.50 bits per heavy atom. The molecule has 0 spiro atoms. The number of aryl methyl sites for hydroxylation is 2. The first-order chi connectivity index (χ1) is 9.56. The van der Waals surface area contributed by atoms with E-state index in [4.69, 9.17) is 0 Å². The highest BCUT2D eigenvalue weighted by atomic mass is 32.1. The van der Waals surface area contributed by atoms with E-state index in [0.717, 1.165) is 34.3 Å². The van der Waals surface area contributed by atoms with Crippen LogP contribution in [0.15, 0.2) is 6.33 Å². The minimum Gasteiger partial charge on any atom is -0.373 e. The summed E-state index contributed by atoms with van der Waals surface area (Å²) < 4.78 is 0. The van der Waals surface area contributed by atoms with Gasteiger partial charge in [-0.1, -0.05) is 6.92 Å². The fourth-order valence-corrected chi connectivity index (χ4v) is 3.24. The lowest BCUT2D eigenvalue weighted by Crippen LogP contribution is -2.11. The summed E-state index contributed by atoms with van der Waals surface area (Å²) in [5, 5.41) is 7.70. The second-order valence-corrected chi connectivity index (χ2v) is 5.94. The quantitative estimate of drug-likeness (QED) is 0.884. The van der Waals surface area contributed by atoms with Crippen LogP contribution in [-0.4, -0.2) is 22.0 Å². The average Bonchev–Trinajstić information content (AvgIpc) is 2.77. The highest BCUT2D eigenvalue weighted by molar-refractivity contribution is 7.11. The van der Waals surface area contributed by atoms with E-state index in [1.807, 2.05) is 14.0 Å². The van der Waals surface area contributed by atoms with Gasteiger partial charge in [0.05, 0.1) is 16.7 Å². The zero-order valence-electron chi connectivity index (χ0n) is 12.6. The number of nitrogens with one attached hydrogen (secondary N) is 2. The molecule has 2 aromatic rings. The summed E-state index contributed by atoms with van der Waals surface area (Å²) in [6, 6.07) is 0.186. The van der Waals surface area contributed by atoms with Crippen LogP contribution in [0.25, 0.3) is 0 Å². The van der Waals surface area contributed by atoms with Gasteiger partial charge in [0.25, 0.3) is 0 Å². The molecule has 0 saturated carbocycles. The third-order valence-corrected chi connectivity index (χ3v) is 4.48. The van der Waals surface area contributed by atoms with E-state index in [1.165, 1.54) is 4.88 Å². The zero-order valence-corrected chi connectivity index (χ0v) is 13.4. The summed E-state index contributed by atoms with van der Waals surface area (Å²) in [6.45, 7) is 8.34. The number of hydrogen-bond donors (Lipinski definition) is 2. The summed E-state index contributed by atoms with van der Waals surface area (Å²) >= 11 is 1.73. The van der Waals surface area contributed by atoms with Crippen molar-refractivity contribution in [3.63, 3.8) is 0 Å². The predicted octanol–water partition coefficient (Wildman–Crippen LogP) is 3.33. The second-order valence-electron chi connectivity index (χ2n) is 4.70. The van der Waals surface area contributed by atoms with Gasteiger partial charge in [0, 0.05) is 17.5 Å². The molecular weight excluding hydrogens is 270 g/mol. The number of thiazole rings is 1. The van der Waals surface area contributed by atoms with Crippen LogP contribution in [0.4, 0.5) is 11.6 Å². The van der Waals surface area contributed by atoms with Crippen LogP contribution < -0.4 is 10.6 Å². The van der Waals surface area contributed by atoms with Crippen molar-refractivity contribution in [1.29, 1.82) is 0 Å². The van der Waals surface area contributed by atoms with Crippen LogP contribution in [0, 0.1) is 13.8 Å². The molecule has 2 rings (SSSR count). The van der Waals surface area contributed by atoms with Crippen molar-refractivity contribution < 1.29 is 0 Å². The van der Waals surface area contributed by atoms with Gasteiger partial charge >= 0.3 is 0 Å². The Morgan fingerprint density at radius 1 is 1.25 bits per heavy atom. The Kier molecular flexibility index (Phi) is 4.54. The highest BCUT2D eigenvalue weighted by Gasteiger charge is 2.16. The molecule has 2 aromatic heterocycles. The van der Waals surface area contributed by atoms with Gasteiger partial charge in [-0.15, -0.1) is 11.3 Å². The standard InChI is InChI=1S/C14H21N5S/c1-6-11-13(15-5)16-7-17-14(11)19-9(3)12-8(2)18-10(4)20-12/h7,9H,6H2,1-5H3,(H2,15,16,17,19). The van der Waals surface area contributed by atoms with Gasteiger partial charge in [-0.25, -0.2) is 15.0 Å². The molecule has 1 atom stereocenters. The molecule has 2 heterocycles. The van der Waals surface area contributed by atoms with Gasteiger partial charge in [-0.2, -0.15) is 0 Å². The molecule has 0 bridgehead atoms. The minimum atomic E-state index is 0.186. The molecule has 0 aliphatic rings. The van der Waals surface area contributed by atoms with Crippen molar-refractivity contribution in [2.75, 3.05) is 17.7 Å². The maximum atomic E-state index is 4.48. The monoisotopic (exact) mass is 291 g/mol. The molecule has 0 saturated heterocycles. The Balaban J connectivity index is 2.28. The van der Waals surface area contributed by atoms with Crippen molar-refractivity contribution in [3.8, 4) is 0 Å². The zero-order chi connectivity index (χ0) is 14.7. The van der Waals surface area contributed by atoms with Crippen molar-refractivity contribution in [3.05, 3.63) is 27.5 Å². The van der Waals surface area contributed by atoms with E-state index in [2.05, 4.69) is 46.4 Å². The Morgan fingerprint density at radius 2 is 1.95 bits per heavy atom. The predicted molar refractivity (Wildman–Crippen MR) is 84.6 cm³/mol. The molecule has 6 heteroatoms. The maximum Gasteiger partial charge on any atom is 0.135 e. The van der Waals surface area contributed by atoms with Crippen molar-refractivity contribution >= 4 is 23.0 Å². The highest BCUT2D eigenvalue weighted by Crippen LogP contribution is 2.29. The molecule has 20 heavy (non-hydrogen) atoms. The Hall–Kier alpha value is -1.69. The molecule has 0 aliphatic heterocycles. The van der Waals surface area contributed by atoms with E-state index in [0.29, 0.717) is 0 Å². The summed E-state index contributed by atoms with van der Waals surface area (Å²) in [5.41, 5.74) is 2.20. The van der Waals surface area contributed by atoms with Crippen LogP contribution in [0.5, 0.6) is 0 Å². The van der Waals surface area contributed by atoms with Gasteiger partial charge in [-0.3, -0.25) is 0 Å². The van der Waals surface area contributed by atoms with Crippen molar-refractivity contribution in [2.45, 2.75) is 40.2 Å². The molecule has 1 unspecified atom stereocenters. The van der Waals surface area contributed by atoms with Crippen LogP contribution in [0.3, 0.4) is 0 Å². The molecule has 0 aliphatic carbocycles. The minimum absolute atomic E-state index is 0.186. The third kappa shape index (κ3) is 2.90. The summed E-state index contributed by atoms with van der Waals surface area (Å²) in [7, 11) is 1.88. The lowest BCUT2D eigenvalue weighted by Gasteiger charge is -2.17. The lowest BCUT2D eigenvalue weighted by atomic mass is 10.2.